The molecular weight excluding hydrogens is 320 g/mol. The summed E-state index contributed by atoms with van der Waals surface area (Å²) < 4.78 is 9.83. The van der Waals surface area contributed by atoms with Gasteiger partial charge < -0.3 is 9.30 Å². The highest BCUT2D eigenvalue weighted by molar-refractivity contribution is 5.70. The highest BCUT2D eigenvalue weighted by Gasteiger charge is 2.17. The van der Waals surface area contributed by atoms with Gasteiger partial charge in [-0.25, -0.2) is 9.78 Å². The van der Waals surface area contributed by atoms with Gasteiger partial charge in [0.1, 0.15) is 5.75 Å². The van der Waals surface area contributed by atoms with E-state index in [4.69, 9.17) is 4.74 Å². The summed E-state index contributed by atoms with van der Waals surface area (Å²) >= 11 is 0. The monoisotopic (exact) mass is 342 g/mol. The van der Waals surface area contributed by atoms with Crippen LogP contribution in [-0.4, -0.2) is 25.8 Å². The van der Waals surface area contributed by atoms with Crippen molar-refractivity contribution < 1.29 is 4.74 Å². The van der Waals surface area contributed by atoms with Crippen LogP contribution in [0.4, 0.5) is 0 Å². The molecule has 0 amide bonds. The fourth-order valence-corrected chi connectivity index (χ4v) is 2.99. The molecule has 0 saturated carbocycles. The minimum atomic E-state index is -0.295. The van der Waals surface area contributed by atoms with Gasteiger partial charge in [0.25, 0.3) is 5.56 Å². The molecule has 0 N–H and O–H groups in total. The number of nitrogens with zero attached hydrogens (tertiary/aromatic N) is 4. The summed E-state index contributed by atoms with van der Waals surface area (Å²) in [7, 11) is 1.62. The van der Waals surface area contributed by atoms with Crippen molar-refractivity contribution in [2.45, 2.75) is 39.9 Å². The van der Waals surface area contributed by atoms with Crippen LogP contribution in [0, 0.1) is 0 Å². The van der Waals surface area contributed by atoms with Crippen molar-refractivity contribution in [2.75, 3.05) is 7.11 Å². The molecule has 3 aromatic rings. The zero-order valence-corrected chi connectivity index (χ0v) is 14.7. The second-order valence-corrected chi connectivity index (χ2v) is 5.88. The first kappa shape index (κ1) is 17.0. The van der Waals surface area contributed by atoms with Crippen LogP contribution in [0.25, 0.3) is 11.2 Å². The number of ether oxygens (including phenoxy) is 1. The molecule has 0 fully saturated rings. The van der Waals surface area contributed by atoms with Crippen LogP contribution in [0.5, 0.6) is 5.75 Å². The smallest absolute Gasteiger partial charge is 0.332 e. The molecule has 0 aliphatic rings. The number of hydrogen-bond acceptors (Lipinski definition) is 4. The lowest BCUT2D eigenvalue weighted by Crippen LogP contribution is -2.40. The summed E-state index contributed by atoms with van der Waals surface area (Å²) in [6, 6.07) is 7.66. The van der Waals surface area contributed by atoms with Crippen molar-refractivity contribution in [2.24, 2.45) is 0 Å². The molecule has 132 valence electrons. The first-order valence-electron chi connectivity index (χ1n) is 8.42. The highest BCUT2D eigenvalue weighted by atomic mass is 16.5. The van der Waals surface area contributed by atoms with Crippen molar-refractivity contribution in [3.63, 3.8) is 0 Å². The average Bonchev–Trinajstić information content (AvgIpc) is 3.03. The van der Waals surface area contributed by atoms with Gasteiger partial charge in [-0.15, -0.1) is 0 Å². The minimum Gasteiger partial charge on any atom is -0.497 e. The molecule has 0 aliphatic heterocycles. The van der Waals surface area contributed by atoms with E-state index in [0.717, 1.165) is 17.7 Å². The summed E-state index contributed by atoms with van der Waals surface area (Å²) in [4.78, 5) is 29.7. The van der Waals surface area contributed by atoms with E-state index >= 15 is 0 Å². The predicted octanol–water partition coefficient (Wildman–Crippen LogP) is 1.85. The lowest BCUT2D eigenvalue weighted by molar-refractivity contribution is 0.414. The molecule has 0 atom stereocenters. The Kier molecular flexibility index (Phi) is 4.74. The quantitative estimate of drug-likeness (QED) is 0.685. The Labute approximate surface area is 145 Å². The molecule has 3 rings (SSSR count). The van der Waals surface area contributed by atoms with Gasteiger partial charge in [-0.2, -0.15) is 0 Å². The first-order valence-corrected chi connectivity index (χ1v) is 8.42. The van der Waals surface area contributed by atoms with Crippen LogP contribution in [0.1, 0.15) is 25.8 Å². The number of methoxy groups -OCH3 is 1. The zero-order chi connectivity index (χ0) is 18.0. The van der Waals surface area contributed by atoms with Gasteiger partial charge in [0.2, 0.25) is 0 Å². The molecule has 25 heavy (non-hydrogen) atoms. The number of fused-ring (bicyclic) bond motifs is 1. The third-order valence-electron chi connectivity index (χ3n) is 4.26. The molecular formula is C18H22N4O3. The number of rotatable bonds is 6. The third-order valence-corrected chi connectivity index (χ3v) is 4.26. The van der Waals surface area contributed by atoms with Crippen molar-refractivity contribution in [1.82, 2.24) is 18.7 Å². The van der Waals surface area contributed by atoms with E-state index < -0.39 is 0 Å². The summed E-state index contributed by atoms with van der Waals surface area (Å²) in [6.45, 7) is 5.17. The zero-order valence-electron chi connectivity index (χ0n) is 14.7. The fraction of sp³-hybridized carbons (Fsp3) is 0.389. The molecule has 0 aliphatic carbocycles. The lowest BCUT2D eigenvalue weighted by atomic mass is 10.2. The number of benzene rings is 1. The second kappa shape index (κ2) is 6.96. The molecule has 7 heteroatoms. The van der Waals surface area contributed by atoms with E-state index in [0.29, 0.717) is 30.8 Å². The normalized spacial score (nSPS) is 11.2. The van der Waals surface area contributed by atoms with E-state index in [1.54, 1.807) is 29.5 Å². The van der Waals surface area contributed by atoms with Crippen molar-refractivity contribution in [3.05, 3.63) is 57.0 Å². The Morgan fingerprint density at radius 2 is 1.80 bits per heavy atom. The van der Waals surface area contributed by atoms with Crippen molar-refractivity contribution >= 4 is 11.2 Å². The van der Waals surface area contributed by atoms with Crippen LogP contribution in [0.2, 0.25) is 0 Å². The topological polar surface area (TPSA) is 71.0 Å². The maximum Gasteiger partial charge on any atom is 0.332 e. The van der Waals surface area contributed by atoms with Crippen LogP contribution >= 0.6 is 0 Å². The SMILES string of the molecule is CCCn1c(=O)n(CC)c(=O)c2c1ncn2Cc1ccc(OC)cc1. The van der Waals surface area contributed by atoms with Gasteiger partial charge in [-0.05, 0) is 31.0 Å². The molecule has 2 heterocycles. The fourth-order valence-electron chi connectivity index (χ4n) is 2.99. The number of hydrogen-bond donors (Lipinski definition) is 0. The molecule has 1 aromatic carbocycles. The van der Waals surface area contributed by atoms with Crippen LogP contribution in [0.15, 0.2) is 40.2 Å². The molecule has 0 radical (unpaired) electrons. The Morgan fingerprint density at radius 3 is 2.40 bits per heavy atom. The van der Waals surface area contributed by atoms with Gasteiger partial charge >= 0.3 is 5.69 Å². The Hall–Kier alpha value is -2.83. The van der Waals surface area contributed by atoms with Crippen molar-refractivity contribution in [3.8, 4) is 5.75 Å². The summed E-state index contributed by atoms with van der Waals surface area (Å²) in [5.74, 6) is 0.782. The molecule has 2 aromatic heterocycles. The van der Waals surface area contributed by atoms with E-state index in [-0.39, 0.29) is 11.2 Å². The summed E-state index contributed by atoms with van der Waals surface area (Å²) in [5.41, 5.74) is 1.36. The molecule has 0 saturated heterocycles. The van der Waals surface area contributed by atoms with Gasteiger partial charge in [0.05, 0.1) is 13.4 Å². The average molecular weight is 342 g/mol. The molecule has 7 nitrogen and oxygen atoms in total. The van der Waals surface area contributed by atoms with Crippen LogP contribution in [-0.2, 0) is 19.6 Å². The van der Waals surface area contributed by atoms with Gasteiger partial charge in [-0.3, -0.25) is 13.9 Å². The van der Waals surface area contributed by atoms with E-state index in [1.165, 1.54) is 4.57 Å². The summed E-state index contributed by atoms with van der Waals surface area (Å²) in [5, 5.41) is 0. The first-order chi connectivity index (χ1) is 12.1. The Balaban J connectivity index is 2.15. The number of aryl methyl sites for hydroxylation is 1. The second-order valence-electron chi connectivity index (χ2n) is 5.88. The van der Waals surface area contributed by atoms with Crippen molar-refractivity contribution in [1.29, 1.82) is 0 Å². The number of aromatic nitrogens is 4. The molecule has 0 spiro atoms. The van der Waals surface area contributed by atoms with Gasteiger partial charge in [-0.1, -0.05) is 19.1 Å². The summed E-state index contributed by atoms with van der Waals surface area (Å²) in [6.07, 6.45) is 2.42. The van der Waals surface area contributed by atoms with Gasteiger partial charge in [0.15, 0.2) is 11.2 Å². The largest absolute Gasteiger partial charge is 0.497 e. The van der Waals surface area contributed by atoms with Gasteiger partial charge in [0, 0.05) is 19.6 Å². The minimum absolute atomic E-state index is 0.291. The number of imidazole rings is 1. The van der Waals surface area contributed by atoms with E-state index in [1.807, 2.05) is 31.2 Å². The predicted molar refractivity (Wildman–Crippen MR) is 96.3 cm³/mol. The van der Waals surface area contributed by atoms with E-state index in [2.05, 4.69) is 4.98 Å². The third kappa shape index (κ3) is 2.97. The maximum atomic E-state index is 12.8. The van der Waals surface area contributed by atoms with Crippen LogP contribution < -0.4 is 16.0 Å². The van der Waals surface area contributed by atoms with E-state index in [9.17, 15) is 9.59 Å². The Morgan fingerprint density at radius 1 is 1.08 bits per heavy atom. The molecule has 0 unspecified atom stereocenters. The molecule has 0 bridgehead atoms. The lowest BCUT2D eigenvalue weighted by Gasteiger charge is -2.11. The van der Waals surface area contributed by atoms with Crippen LogP contribution in [0.3, 0.4) is 0 Å². The maximum absolute atomic E-state index is 12.8. The highest BCUT2D eigenvalue weighted by Crippen LogP contribution is 2.14. The standard InChI is InChI=1S/C18H22N4O3/c1-4-10-22-16-15(17(23)21(5-2)18(22)24)20(12-19-16)11-13-6-8-14(25-3)9-7-13/h6-9,12H,4-5,10-11H2,1-3H3. The Bertz CT molecular complexity index is 996.